The van der Waals surface area contributed by atoms with Crippen molar-refractivity contribution >= 4 is 0 Å². The first-order valence-electron chi connectivity index (χ1n) is 5.38. The van der Waals surface area contributed by atoms with Gasteiger partial charge in [-0.25, -0.2) is 0 Å². The quantitative estimate of drug-likeness (QED) is 0.629. The molecule has 0 saturated carbocycles. The summed E-state index contributed by atoms with van der Waals surface area (Å²) in [7, 11) is 0. The molecule has 3 rings (SSSR count). The zero-order valence-corrected chi connectivity index (χ0v) is 8.83. The summed E-state index contributed by atoms with van der Waals surface area (Å²) in [4.78, 5) is 4.56. The van der Waals surface area contributed by atoms with Gasteiger partial charge in [0.25, 0.3) is 0 Å². The van der Waals surface area contributed by atoms with Gasteiger partial charge in [-0.2, -0.15) is 0 Å². The third-order valence-corrected chi connectivity index (χ3v) is 3.04. The van der Waals surface area contributed by atoms with Crippen LogP contribution >= 0.6 is 0 Å². The number of pyridine rings is 1. The van der Waals surface area contributed by atoms with Crippen molar-refractivity contribution in [3.05, 3.63) is 53.2 Å². The van der Waals surface area contributed by atoms with E-state index in [1.54, 1.807) is 0 Å². The van der Waals surface area contributed by atoms with E-state index in [1.807, 2.05) is 6.20 Å². The lowest BCUT2D eigenvalue weighted by Crippen LogP contribution is -2.05. The molecule has 74 valence electrons. The Hall–Kier alpha value is -1.63. The topological polar surface area (TPSA) is 12.9 Å². The van der Waals surface area contributed by atoms with E-state index in [1.165, 1.54) is 27.9 Å². The van der Waals surface area contributed by atoms with Crippen LogP contribution in [0.2, 0.25) is 0 Å². The second-order valence-electron chi connectivity index (χ2n) is 4.18. The Morgan fingerprint density at radius 2 is 1.87 bits per heavy atom. The van der Waals surface area contributed by atoms with E-state index in [2.05, 4.69) is 42.2 Å². The van der Waals surface area contributed by atoms with E-state index >= 15 is 0 Å². The minimum Gasteiger partial charge on any atom is -0.256 e. The van der Waals surface area contributed by atoms with Crippen LogP contribution in [0.5, 0.6) is 0 Å². The number of aromatic nitrogens is 1. The molecule has 1 aromatic heterocycles. The first kappa shape index (κ1) is 8.66. The molecule has 0 saturated heterocycles. The summed E-state index contributed by atoms with van der Waals surface area (Å²) < 4.78 is 0. The molecule has 0 fully saturated rings. The van der Waals surface area contributed by atoms with E-state index in [0.29, 0.717) is 0 Å². The number of nitrogens with zero attached hydrogens (tertiary/aromatic N) is 1. The number of benzene rings is 1. The minimum atomic E-state index is 1.13. The van der Waals surface area contributed by atoms with E-state index in [4.69, 9.17) is 0 Å². The van der Waals surface area contributed by atoms with Crippen molar-refractivity contribution in [2.24, 2.45) is 0 Å². The molecule has 1 aliphatic carbocycles. The predicted octanol–water partition coefficient (Wildman–Crippen LogP) is 3.16. The zero-order valence-electron chi connectivity index (χ0n) is 8.83. The van der Waals surface area contributed by atoms with Crippen LogP contribution in [0.3, 0.4) is 0 Å². The Labute approximate surface area is 89.8 Å². The fourth-order valence-corrected chi connectivity index (χ4v) is 2.30. The molecule has 2 aromatic rings. The molecule has 15 heavy (non-hydrogen) atoms. The Morgan fingerprint density at radius 3 is 2.80 bits per heavy atom. The molecule has 0 unspecified atom stereocenters. The highest BCUT2D eigenvalue weighted by Crippen LogP contribution is 2.31. The molecule has 0 aliphatic heterocycles. The number of aryl methyl sites for hydroxylation is 3. The molecule has 0 spiro atoms. The van der Waals surface area contributed by atoms with Crippen LogP contribution in [-0.2, 0) is 12.8 Å². The Morgan fingerprint density at radius 1 is 1.07 bits per heavy atom. The van der Waals surface area contributed by atoms with Gasteiger partial charge in [0.05, 0.1) is 5.69 Å². The van der Waals surface area contributed by atoms with Crippen molar-refractivity contribution < 1.29 is 0 Å². The number of fused-ring (bicyclic) bond motifs is 3. The molecular formula is C14H13N. The summed E-state index contributed by atoms with van der Waals surface area (Å²) in [6.45, 7) is 2.10. The summed E-state index contributed by atoms with van der Waals surface area (Å²) in [6, 6.07) is 10.8. The zero-order chi connectivity index (χ0) is 10.3. The molecule has 1 nitrogen and oxygen atoms in total. The molecule has 1 aliphatic rings. The summed E-state index contributed by atoms with van der Waals surface area (Å²) in [5.41, 5.74) is 6.59. The lowest BCUT2D eigenvalue weighted by atomic mass is 9.89. The fraction of sp³-hybridized carbons (Fsp3) is 0.214. The summed E-state index contributed by atoms with van der Waals surface area (Å²) in [6.07, 6.45) is 4.23. The van der Waals surface area contributed by atoms with Gasteiger partial charge in [0, 0.05) is 11.8 Å². The van der Waals surface area contributed by atoms with Gasteiger partial charge in [0.1, 0.15) is 0 Å². The Balaban J connectivity index is 2.26. The van der Waals surface area contributed by atoms with Crippen LogP contribution in [0.4, 0.5) is 0 Å². The number of rotatable bonds is 0. The number of hydrogen-bond donors (Lipinski definition) is 0. The van der Waals surface area contributed by atoms with Crippen molar-refractivity contribution in [1.29, 1.82) is 0 Å². The van der Waals surface area contributed by atoms with Gasteiger partial charge in [-0.15, -0.1) is 0 Å². The fourth-order valence-electron chi connectivity index (χ4n) is 2.30. The highest BCUT2D eigenvalue weighted by molar-refractivity contribution is 5.69. The van der Waals surface area contributed by atoms with E-state index < -0.39 is 0 Å². The Kier molecular flexibility index (Phi) is 1.84. The number of hydrogen-bond acceptors (Lipinski definition) is 1. The highest BCUT2D eigenvalue weighted by Gasteiger charge is 2.16. The smallest absolute Gasteiger partial charge is 0.0736 e. The largest absolute Gasteiger partial charge is 0.256 e. The van der Waals surface area contributed by atoms with Crippen LogP contribution in [-0.4, -0.2) is 4.98 Å². The van der Waals surface area contributed by atoms with Gasteiger partial charge >= 0.3 is 0 Å². The second-order valence-corrected chi connectivity index (χ2v) is 4.18. The van der Waals surface area contributed by atoms with Crippen molar-refractivity contribution in [3.8, 4) is 11.3 Å². The van der Waals surface area contributed by atoms with Crippen LogP contribution < -0.4 is 0 Å². The van der Waals surface area contributed by atoms with E-state index in [-0.39, 0.29) is 0 Å². The van der Waals surface area contributed by atoms with Crippen LogP contribution in [0.25, 0.3) is 11.3 Å². The van der Waals surface area contributed by atoms with Gasteiger partial charge in [-0.1, -0.05) is 30.3 Å². The third-order valence-electron chi connectivity index (χ3n) is 3.04. The van der Waals surface area contributed by atoms with Gasteiger partial charge in [-0.05, 0) is 36.5 Å². The summed E-state index contributed by atoms with van der Waals surface area (Å²) in [5, 5.41) is 0. The van der Waals surface area contributed by atoms with Crippen LogP contribution in [0.1, 0.15) is 16.7 Å². The van der Waals surface area contributed by atoms with Crippen LogP contribution in [0, 0.1) is 6.92 Å². The first-order chi connectivity index (χ1) is 7.34. The van der Waals surface area contributed by atoms with Gasteiger partial charge in [0.2, 0.25) is 0 Å². The van der Waals surface area contributed by atoms with E-state index in [0.717, 1.165) is 12.8 Å². The van der Waals surface area contributed by atoms with E-state index in [9.17, 15) is 0 Å². The molecule has 1 aromatic carbocycles. The Bertz CT molecular complexity index is 514. The molecule has 0 radical (unpaired) electrons. The van der Waals surface area contributed by atoms with Crippen LogP contribution in [0.15, 0.2) is 36.5 Å². The van der Waals surface area contributed by atoms with Crippen molar-refractivity contribution in [2.75, 3.05) is 0 Å². The standard InChI is InChI=1S/C14H13N/c1-10-8-12-7-6-11-4-2-3-5-13(11)14(12)15-9-10/h2-5,8-9H,6-7H2,1H3. The lowest BCUT2D eigenvalue weighted by Gasteiger charge is -2.18. The second kappa shape index (κ2) is 3.20. The van der Waals surface area contributed by atoms with Crippen molar-refractivity contribution in [1.82, 2.24) is 4.98 Å². The molecule has 1 heteroatoms. The summed E-state index contributed by atoms with van der Waals surface area (Å²) in [5.74, 6) is 0. The van der Waals surface area contributed by atoms with Crippen molar-refractivity contribution in [2.45, 2.75) is 19.8 Å². The molecule has 0 bridgehead atoms. The first-order valence-corrected chi connectivity index (χ1v) is 5.38. The monoisotopic (exact) mass is 195 g/mol. The SMILES string of the molecule is Cc1cnc2c(c1)CCc1ccccc1-2. The third kappa shape index (κ3) is 1.35. The molecule has 0 atom stereocenters. The highest BCUT2D eigenvalue weighted by atomic mass is 14.7. The average Bonchev–Trinajstić information content (AvgIpc) is 2.28. The minimum absolute atomic E-state index is 1.13. The summed E-state index contributed by atoms with van der Waals surface area (Å²) >= 11 is 0. The van der Waals surface area contributed by atoms with Gasteiger partial charge in [-0.3, -0.25) is 4.98 Å². The van der Waals surface area contributed by atoms with Gasteiger partial charge in [0.15, 0.2) is 0 Å². The maximum Gasteiger partial charge on any atom is 0.0736 e. The maximum atomic E-state index is 4.56. The molecule has 1 heterocycles. The van der Waals surface area contributed by atoms with Gasteiger partial charge < -0.3 is 0 Å². The van der Waals surface area contributed by atoms with Crippen molar-refractivity contribution in [3.63, 3.8) is 0 Å². The average molecular weight is 195 g/mol. The molecule has 0 N–H and O–H groups in total. The predicted molar refractivity (Wildman–Crippen MR) is 61.8 cm³/mol. The normalized spacial score (nSPS) is 13.1. The molecule has 0 amide bonds. The molecular weight excluding hydrogens is 182 g/mol. The maximum absolute atomic E-state index is 4.56. The lowest BCUT2D eigenvalue weighted by molar-refractivity contribution is 0.924.